The van der Waals surface area contributed by atoms with Crippen LogP contribution in [-0.4, -0.2) is 29.2 Å². The fraction of sp³-hybridized carbons (Fsp3) is 0.455. The molecule has 1 aromatic rings. The van der Waals surface area contributed by atoms with Gasteiger partial charge in [-0.2, -0.15) is 0 Å². The zero-order valence-corrected chi connectivity index (χ0v) is 9.26. The van der Waals surface area contributed by atoms with Crippen molar-refractivity contribution in [3.63, 3.8) is 0 Å². The predicted molar refractivity (Wildman–Crippen MR) is 61.3 cm³/mol. The van der Waals surface area contributed by atoms with Crippen molar-refractivity contribution in [2.45, 2.75) is 18.9 Å². The molecule has 1 heterocycles. The number of piperidine rings is 1. The molecule has 17 heavy (non-hydrogen) atoms. The van der Waals surface area contributed by atoms with Crippen LogP contribution in [0.2, 0.25) is 0 Å². The number of nitro groups is 1. The summed E-state index contributed by atoms with van der Waals surface area (Å²) in [5.41, 5.74) is -0.323. The number of rotatable bonds is 3. The van der Waals surface area contributed by atoms with Crippen molar-refractivity contribution < 1.29 is 14.8 Å². The second-order valence-electron chi connectivity index (χ2n) is 3.97. The molecule has 1 fully saturated rings. The van der Waals surface area contributed by atoms with E-state index in [1.807, 2.05) is 0 Å². The minimum absolute atomic E-state index is 0.0837. The minimum atomic E-state index is -0.620. The molecule has 1 aliphatic heterocycles. The molecule has 2 rings (SSSR count). The Kier molecular flexibility index (Phi) is 3.43. The van der Waals surface area contributed by atoms with E-state index in [2.05, 4.69) is 5.32 Å². The molecule has 0 saturated carbocycles. The fourth-order valence-electron chi connectivity index (χ4n) is 1.83. The first-order valence-corrected chi connectivity index (χ1v) is 5.51. The molecule has 1 aliphatic rings. The van der Waals surface area contributed by atoms with Crippen LogP contribution in [-0.2, 0) is 0 Å². The monoisotopic (exact) mass is 238 g/mol. The first-order valence-electron chi connectivity index (χ1n) is 5.51. The summed E-state index contributed by atoms with van der Waals surface area (Å²) in [7, 11) is 0. The number of aromatic hydroxyl groups is 1. The maximum Gasteiger partial charge on any atom is 0.314 e. The average Bonchev–Trinajstić information content (AvgIpc) is 2.32. The summed E-state index contributed by atoms with van der Waals surface area (Å²) in [6.45, 7) is 1.79. The van der Waals surface area contributed by atoms with E-state index in [9.17, 15) is 15.2 Å². The Bertz CT molecular complexity index is 416. The number of ether oxygens (including phenoxy) is 1. The second kappa shape index (κ2) is 5.01. The van der Waals surface area contributed by atoms with E-state index in [0.717, 1.165) is 25.9 Å². The summed E-state index contributed by atoms with van der Waals surface area (Å²) in [4.78, 5) is 10.0. The van der Waals surface area contributed by atoms with Crippen LogP contribution in [0.1, 0.15) is 12.8 Å². The van der Waals surface area contributed by atoms with Crippen LogP contribution in [0.3, 0.4) is 0 Å². The van der Waals surface area contributed by atoms with Crippen LogP contribution < -0.4 is 10.1 Å². The highest BCUT2D eigenvalue weighted by Crippen LogP contribution is 2.30. The maximum absolute atomic E-state index is 10.6. The molecule has 0 spiro atoms. The van der Waals surface area contributed by atoms with Crippen LogP contribution in [0.5, 0.6) is 11.5 Å². The van der Waals surface area contributed by atoms with E-state index < -0.39 is 4.92 Å². The number of nitro benzene ring substituents is 1. The van der Waals surface area contributed by atoms with Crippen LogP contribution in [0.25, 0.3) is 0 Å². The number of phenols is 1. The average molecular weight is 238 g/mol. The summed E-state index contributed by atoms with van der Waals surface area (Å²) in [6, 6.07) is 4.09. The van der Waals surface area contributed by atoms with Crippen LogP contribution in [0.4, 0.5) is 5.69 Å². The van der Waals surface area contributed by atoms with Crippen molar-refractivity contribution in [1.29, 1.82) is 0 Å². The topological polar surface area (TPSA) is 84.6 Å². The standard InChI is InChI=1S/C11H14N2O4/c14-11-2-1-9(7-10(11)13(15)16)17-8-3-5-12-6-4-8/h1-2,7-8,12,14H,3-6H2. The molecule has 0 aromatic heterocycles. The van der Waals surface area contributed by atoms with Gasteiger partial charge in [-0.3, -0.25) is 10.1 Å². The van der Waals surface area contributed by atoms with Crippen molar-refractivity contribution >= 4 is 5.69 Å². The molecule has 1 aromatic carbocycles. The molecule has 0 radical (unpaired) electrons. The number of nitrogens with one attached hydrogen (secondary N) is 1. The molecule has 6 nitrogen and oxygen atoms in total. The van der Waals surface area contributed by atoms with Crippen molar-refractivity contribution in [3.8, 4) is 11.5 Å². The highest BCUT2D eigenvalue weighted by Gasteiger charge is 2.18. The number of hydrogen-bond donors (Lipinski definition) is 2. The summed E-state index contributed by atoms with van der Waals surface area (Å²) >= 11 is 0. The van der Waals surface area contributed by atoms with Crippen LogP contribution >= 0.6 is 0 Å². The van der Waals surface area contributed by atoms with Gasteiger partial charge in [0, 0.05) is 0 Å². The quantitative estimate of drug-likeness (QED) is 0.614. The number of hydrogen-bond acceptors (Lipinski definition) is 5. The Hall–Kier alpha value is -1.82. The first-order chi connectivity index (χ1) is 8.16. The Labute approximate surface area is 98.4 Å². The van der Waals surface area contributed by atoms with Gasteiger partial charge in [0.2, 0.25) is 0 Å². The van der Waals surface area contributed by atoms with E-state index in [1.54, 1.807) is 6.07 Å². The molecule has 0 bridgehead atoms. The number of phenolic OH excluding ortho intramolecular Hbond substituents is 1. The fourth-order valence-corrected chi connectivity index (χ4v) is 1.83. The molecular formula is C11H14N2O4. The van der Waals surface area contributed by atoms with E-state index in [1.165, 1.54) is 12.1 Å². The first kappa shape index (κ1) is 11.7. The van der Waals surface area contributed by atoms with Gasteiger partial charge in [0.25, 0.3) is 0 Å². The van der Waals surface area contributed by atoms with E-state index in [0.29, 0.717) is 5.75 Å². The van der Waals surface area contributed by atoms with Gasteiger partial charge < -0.3 is 15.2 Å². The third kappa shape index (κ3) is 2.85. The third-order valence-corrected chi connectivity index (χ3v) is 2.73. The molecule has 1 saturated heterocycles. The molecule has 6 heteroatoms. The largest absolute Gasteiger partial charge is 0.502 e. The summed E-state index contributed by atoms with van der Waals surface area (Å²) in [6.07, 6.45) is 1.85. The van der Waals surface area contributed by atoms with Gasteiger partial charge in [0.15, 0.2) is 5.75 Å². The summed E-state index contributed by atoms with van der Waals surface area (Å²) in [5.74, 6) is 0.0917. The lowest BCUT2D eigenvalue weighted by Crippen LogP contribution is -2.34. The Balaban J connectivity index is 2.10. The lowest BCUT2D eigenvalue weighted by molar-refractivity contribution is -0.386. The van der Waals surface area contributed by atoms with Crippen LogP contribution in [0.15, 0.2) is 18.2 Å². The van der Waals surface area contributed by atoms with Gasteiger partial charge in [-0.05, 0) is 38.1 Å². The highest BCUT2D eigenvalue weighted by molar-refractivity contribution is 5.49. The number of nitrogens with zero attached hydrogens (tertiary/aromatic N) is 1. The SMILES string of the molecule is O=[N+]([O-])c1cc(OC2CCNCC2)ccc1O. The molecular weight excluding hydrogens is 224 g/mol. The Morgan fingerprint density at radius 3 is 2.76 bits per heavy atom. The number of benzene rings is 1. The van der Waals surface area contributed by atoms with Gasteiger partial charge >= 0.3 is 5.69 Å². The predicted octanol–water partition coefficient (Wildman–Crippen LogP) is 1.43. The lowest BCUT2D eigenvalue weighted by atomic mass is 10.1. The highest BCUT2D eigenvalue weighted by atomic mass is 16.6. The van der Waals surface area contributed by atoms with Crippen molar-refractivity contribution in [1.82, 2.24) is 5.32 Å². The van der Waals surface area contributed by atoms with Gasteiger partial charge in [-0.1, -0.05) is 0 Å². The normalized spacial score (nSPS) is 16.7. The summed E-state index contributed by atoms with van der Waals surface area (Å²) < 4.78 is 5.65. The third-order valence-electron chi connectivity index (χ3n) is 2.73. The molecule has 0 aliphatic carbocycles. The zero-order valence-electron chi connectivity index (χ0n) is 9.26. The van der Waals surface area contributed by atoms with Crippen molar-refractivity contribution in [2.75, 3.05) is 13.1 Å². The molecule has 2 N–H and O–H groups in total. The molecule has 0 amide bonds. The zero-order chi connectivity index (χ0) is 12.3. The maximum atomic E-state index is 10.6. The second-order valence-corrected chi connectivity index (χ2v) is 3.97. The van der Waals surface area contributed by atoms with E-state index >= 15 is 0 Å². The Morgan fingerprint density at radius 2 is 2.12 bits per heavy atom. The minimum Gasteiger partial charge on any atom is -0.502 e. The van der Waals surface area contributed by atoms with Gasteiger partial charge in [-0.25, -0.2) is 0 Å². The van der Waals surface area contributed by atoms with Gasteiger partial charge in [0.05, 0.1) is 11.0 Å². The van der Waals surface area contributed by atoms with Crippen molar-refractivity contribution in [2.24, 2.45) is 0 Å². The van der Waals surface area contributed by atoms with E-state index in [-0.39, 0.29) is 17.5 Å². The molecule has 92 valence electrons. The van der Waals surface area contributed by atoms with Gasteiger partial charge in [0.1, 0.15) is 11.9 Å². The molecule has 0 atom stereocenters. The lowest BCUT2D eigenvalue weighted by Gasteiger charge is -2.23. The summed E-state index contributed by atoms with van der Waals surface area (Å²) in [5, 5.41) is 23.2. The Morgan fingerprint density at radius 1 is 1.41 bits per heavy atom. The van der Waals surface area contributed by atoms with E-state index in [4.69, 9.17) is 4.74 Å². The van der Waals surface area contributed by atoms with Crippen molar-refractivity contribution in [3.05, 3.63) is 28.3 Å². The smallest absolute Gasteiger partial charge is 0.314 e. The molecule has 0 unspecified atom stereocenters. The van der Waals surface area contributed by atoms with Crippen LogP contribution in [0, 0.1) is 10.1 Å². The van der Waals surface area contributed by atoms with Gasteiger partial charge in [-0.15, -0.1) is 0 Å².